The number of aromatic nitrogens is 6. The van der Waals surface area contributed by atoms with E-state index in [1.54, 1.807) is 43.0 Å². The number of hydrogen-bond acceptors (Lipinski definition) is 9. The summed E-state index contributed by atoms with van der Waals surface area (Å²) in [5, 5.41) is 19.2. The molecule has 0 aliphatic rings. The molecule has 0 bridgehead atoms. The van der Waals surface area contributed by atoms with Gasteiger partial charge in [0.15, 0.2) is 5.60 Å². The summed E-state index contributed by atoms with van der Waals surface area (Å²) in [5.41, 5.74) is 12.9. The Hall–Kier alpha value is -11.0. The second kappa shape index (κ2) is 60.7. The van der Waals surface area contributed by atoms with Gasteiger partial charge in [0.05, 0.1) is 57.6 Å². The number of Topliss-reactive ketones (excluding diaryl/α,β-unsaturated/α-hetero) is 1. The van der Waals surface area contributed by atoms with Gasteiger partial charge in [-0.15, -0.1) is 0 Å². The summed E-state index contributed by atoms with van der Waals surface area (Å²) in [4.78, 5) is 33.7. The van der Waals surface area contributed by atoms with Crippen LogP contribution < -0.4 is 75.4 Å². The third-order valence-corrected chi connectivity index (χ3v) is 31.8. The summed E-state index contributed by atoms with van der Waals surface area (Å²) in [7, 11) is -2.24. The molecule has 24 heteroatoms. The maximum atomic E-state index is 13.0. The first kappa shape index (κ1) is 120. The topological polar surface area (TPSA) is 136 Å². The van der Waals surface area contributed by atoms with Crippen LogP contribution in [0.3, 0.4) is 0 Å². The molecule has 0 aliphatic heterocycles. The van der Waals surface area contributed by atoms with Crippen LogP contribution in [0.4, 0.5) is 13.2 Å². The van der Waals surface area contributed by atoms with Crippen molar-refractivity contribution in [2.75, 3.05) is 0 Å². The second-order valence-electron chi connectivity index (χ2n) is 34.8. The molecule has 0 amide bonds. The minimum absolute atomic E-state index is 0. The average Bonchev–Trinajstić information content (AvgIpc) is 1.35. The predicted octanol–water partition coefficient (Wildman–Crippen LogP) is 24.8. The van der Waals surface area contributed by atoms with Crippen LogP contribution in [0.5, 0.6) is 17.2 Å². The molecular formula is C124H117Br2ClF3I3MgN6O6P2. The van der Waals surface area contributed by atoms with Gasteiger partial charge < -0.3 is 59.9 Å². The van der Waals surface area contributed by atoms with Gasteiger partial charge in [0.25, 0.3) is 0 Å². The first-order valence-corrected chi connectivity index (χ1v) is 55.1. The van der Waals surface area contributed by atoms with E-state index in [1.807, 2.05) is 168 Å². The Kier molecular flexibility index (Phi) is 49.4. The fourth-order valence-electron chi connectivity index (χ4n) is 15.3. The minimum Gasteiger partial charge on any atom is -1.00 e. The number of carbonyl (C=O) groups is 2. The molecule has 0 fully saturated rings. The zero-order valence-electron chi connectivity index (χ0n) is 84.2. The number of imidazole rings is 3. The number of hydrogen-bond donors (Lipinski definition) is 1. The van der Waals surface area contributed by atoms with Crippen molar-refractivity contribution in [3.63, 3.8) is 0 Å². The molecular weight excluding hydrogens is 2390 g/mol. The van der Waals surface area contributed by atoms with Gasteiger partial charge in [-0.1, -0.05) is 259 Å². The number of alkyl halides is 4. The molecule has 0 radical (unpaired) electrons. The Bertz CT molecular complexity index is 7090. The zero-order chi connectivity index (χ0) is 103. The van der Waals surface area contributed by atoms with Gasteiger partial charge in [0.1, 0.15) is 71.5 Å². The van der Waals surface area contributed by atoms with E-state index in [0.717, 1.165) is 109 Å². The molecule has 3 heterocycles. The van der Waals surface area contributed by atoms with E-state index in [-0.39, 0.29) is 82.1 Å². The summed E-state index contributed by atoms with van der Waals surface area (Å²) in [5.74, 6) is 2.71. The van der Waals surface area contributed by atoms with Crippen LogP contribution >= 0.6 is 98.9 Å². The fourth-order valence-corrected chi connectivity index (χ4v) is 23.3. The molecule has 1 unspecified atom stereocenters. The number of halogens is 9. The number of ketones is 1. The molecule has 148 heavy (non-hydrogen) atoms. The van der Waals surface area contributed by atoms with Crippen molar-refractivity contribution in [1.82, 2.24) is 28.7 Å². The molecule has 1 atom stereocenters. The molecule has 19 aromatic rings. The van der Waals surface area contributed by atoms with E-state index in [2.05, 4.69) is 400 Å². The summed E-state index contributed by atoms with van der Waals surface area (Å²) >= 11 is 10.4. The molecule has 19 rings (SSSR count). The maximum absolute atomic E-state index is 13.0. The monoisotopic (exact) mass is 2500 g/mol. The Balaban J connectivity index is 0.000000199. The normalized spacial score (nSPS) is 11.3. The van der Waals surface area contributed by atoms with E-state index in [0.29, 0.717) is 5.56 Å². The quantitative estimate of drug-likeness (QED) is 0.0119. The predicted molar refractivity (Wildman–Crippen MR) is 638 cm³/mol. The standard InChI is InChI=1S/C27H25F3N2O2.C25H21IP.C24H21IN2O.C18H15P.C17H16N2O2.C7H6BrI.C3H6O.C3H7.BrH.ClH.Mg/c1-18(2)34-23-13-11-22(12-14-23)32-17-31-24-16-20(8-15-25(24)32)5-4-19-6-9-21(10-7-19)26(3,33)27(28,29)30;26-22-18-16-21(17-19-22)20-27(23-10-4-1-5-11-23,24-12-6-2-7-13-24)25-14-8-3-9-15-25;1-17(2)28-22-12-10-21(11-13-22)27-16-26-23-15-19(7-14-24(23)27)4-3-18-5-8-20(25)9-6-18;1-4-10-16(11-5-1)19(17-12-6-2-7-13-17)18-14-8-3-9-15-18;1-12(2)21-15-6-4-14(5-7-15)19-11-18-16-9-13(10-20)3-8-17(16)19;8-5-6-1-3-7(9)4-2-6;1-3(2)4;1-3-2;;;/h4-18,33H,1-3H3;1-19H,20H2;3-17H,1-2H3;1-15H;3-12H,1-2H3;1-4H,5H2;1-2H3;3H,1-2H3;2*1H;/q;+1;;;;;;-1;;;+2/p-2/b5-4-;;4-3-;;;;;;;;. The van der Waals surface area contributed by atoms with Gasteiger partial charge in [0.2, 0.25) is 0 Å². The van der Waals surface area contributed by atoms with Crippen molar-refractivity contribution in [2.24, 2.45) is 0 Å². The zero-order valence-corrected chi connectivity index (χ0v) is 97.8. The van der Waals surface area contributed by atoms with Crippen LogP contribution in [0.15, 0.2) is 425 Å². The fraction of sp³-hybridized carbons (Fsp3) is 0.145. The van der Waals surface area contributed by atoms with Gasteiger partial charge in [-0.3, -0.25) is 18.5 Å². The van der Waals surface area contributed by atoms with Crippen LogP contribution in [0, 0.1) is 17.1 Å². The van der Waals surface area contributed by atoms with Crippen LogP contribution in [-0.4, -0.2) is 93.4 Å². The van der Waals surface area contributed by atoms with Gasteiger partial charge in [-0.2, -0.15) is 27.0 Å². The van der Waals surface area contributed by atoms with E-state index < -0.39 is 27.0 Å². The molecule has 0 aliphatic carbocycles. The molecule has 12 nitrogen and oxygen atoms in total. The second-order valence-corrected chi connectivity index (χ2v) is 44.8. The molecule has 754 valence electrons. The van der Waals surface area contributed by atoms with Crippen molar-refractivity contribution in [2.45, 2.75) is 118 Å². The number of aldehydes is 1. The van der Waals surface area contributed by atoms with Crippen LogP contribution in [0.2, 0.25) is 0 Å². The van der Waals surface area contributed by atoms with E-state index in [9.17, 15) is 27.9 Å². The molecule has 0 saturated carbocycles. The van der Waals surface area contributed by atoms with Gasteiger partial charge in [-0.05, 0) is 381 Å². The summed E-state index contributed by atoms with van der Waals surface area (Å²) in [6.45, 7) is 19.8. The molecule has 1 N–H and O–H groups in total. The van der Waals surface area contributed by atoms with Crippen molar-refractivity contribution in [3.8, 4) is 34.3 Å². The first-order valence-electron chi connectivity index (χ1n) is 47.5. The van der Waals surface area contributed by atoms with Crippen molar-refractivity contribution in [3.05, 3.63) is 487 Å². The van der Waals surface area contributed by atoms with E-state index >= 15 is 0 Å². The number of ether oxygens (including phenoxy) is 3. The number of fused-ring (bicyclic) bond motifs is 3. The van der Waals surface area contributed by atoms with Crippen molar-refractivity contribution in [1.29, 1.82) is 0 Å². The molecule has 16 aromatic carbocycles. The summed E-state index contributed by atoms with van der Waals surface area (Å²) in [6, 6.07) is 139. The average molecular weight is 2510 g/mol. The number of carbonyl (C=O) groups excluding carboxylic acids is 2. The molecule has 3 aromatic heterocycles. The molecule has 0 spiro atoms. The van der Waals surface area contributed by atoms with Crippen molar-refractivity contribution < 1.29 is 71.5 Å². The Morgan fingerprint density at radius 1 is 0.405 bits per heavy atom. The van der Waals surface area contributed by atoms with E-state index in [4.69, 9.17) is 14.2 Å². The van der Waals surface area contributed by atoms with Crippen LogP contribution in [0.25, 0.3) is 74.5 Å². The Morgan fingerprint density at radius 2 is 0.662 bits per heavy atom. The smallest absolute Gasteiger partial charge is 1.00 e. The molecule has 0 saturated heterocycles. The van der Waals surface area contributed by atoms with Crippen LogP contribution in [0.1, 0.15) is 125 Å². The number of aliphatic hydroxyl groups is 1. The van der Waals surface area contributed by atoms with Crippen molar-refractivity contribution >= 4 is 223 Å². The summed E-state index contributed by atoms with van der Waals surface area (Å²) < 4.78 is 66.0. The third kappa shape index (κ3) is 35.6. The SMILES string of the molecule is BrCc1ccc(I)cc1.CC(C)=O.CC(C)Oc1ccc(-n2cnc3cc(/C=C\c4ccc(C(C)(O)C(F)(F)F)cc4)ccc32)cc1.CC(C)Oc1ccc(-n2cnc3cc(/C=C\c4ccc(I)cc4)ccc32)cc1.CC(C)Oc1ccc(-n2cnc3cc(C=O)ccc32)cc1.C[CH-]C.Ic1ccc(C[P+](c2ccccc2)(c2ccccc2)c2ccccc2)cc1.[Br-].[Cl-].[Mg+2].c1ccc(P(c2ccccc2)c2ccccc2)cc1. The van der Waals surface area contributed by atoms with Gasteiger partial charge in [-0.25, -0.2) is 15.0 Å². The van der Waals surface area contributed by atoms with Gasteiger partial charge >= 0.3 is 29.2 Å². The van der Waals surface area contributed by atoms with Gasteiger partial charge in [0, 0.05) is 38.7 Å². The maximum Gasteiger partial charge on any atom is 2.00 e. The number of nitrogens with zero attached hydrogens (tertiary/aromatic N) is 6. The Morgan fingerprint density at radius 3 is 0.946 bits per heavy atom. The van der Waals surface area contributed by atoms with E-state index in [1.165, 1.54) is 85.2 Å². The minimum atomic E-state index is -4.74. The number of benzene rings is 16. The van der Waals surface area contributed by atoms with Crippen LogP contribution in [-0.2, 0) is 21.9 Å². The summed E-state index contributed by atoms with van der Waals surface area (Å²) in [6.07, 6.45) is 12.9. The first-order chi connectivity index (χ1) is 70.0. The largest absolute Gasteiger partial charge is 2.00 e. The third-order valence-electron chi connectivity index (χ3n) is 22.2. The number of rotatable bonds is 24. The Labute approximate surface area is 952 Å².